The predicted molar refractivity (Wildman–Crippen MR) is 50.2 cm³/mol. The van der Waals surface area contributed by atoms with Gasteiger partial charge in [0.2, 0.25) is 0 Å². The first-order valence-electron chi connectivity index (χ1n) is 5.85. The molecule has 0 aromatic heterocycles. The van der Waals surface area contributed by atoms with Crippen molar-refractivity contribution in [3.05, 3.63) is 11.1 Å². The summed E-state index contributed by atoms with van der Waals surface area (Å²) >= 11 is 0. The van der Waals surface area contributed by atoms with Crippen molar-refractivity contribution in [1.29, 1.82) is 0 Å². The van der Waals surface area contributed by atoms with Crippen LogP contribution in [0.5, 0.6) is 0 Å². The molecule has 6 aliphatic rings. The van der Waals surface area contributed by atoms with E-state index in [0.29, 0.717) is 23.7 Å². The molecule has 2 bridgehead atoms. The molecule has 0 amide bonds. The molecule has 0 saturated heterocycles. The lowest BCUT2D eigenvalue weighted by atomic mass is 9.11. The van der Waals surface area contributed by atoms with Crippen molar-refractivity contribution in [2.45, 2.75) is 0 Å². The summed E-state index contributed by atoms with van der Waals surface area (Å²) in [6, 6.07) is 0. The molecular weight excluding hydrogens is 208 g/mol. The first-order chi connectivity index (χ1) is 7.64. The molecule has 4 unspecified atom stereocenters. The first-order valence-corrected chi connectivity index (χ1v) is 5.85. The van der Waals surface area contributed by atoms with E-state index in [9.17, 15) is 19.8 Å². The van der Waals surface area contributed by atoms with Crippen LogP contribution in [0.2, 0.25) is 0 Å². The van der Waals surface area contributed by atoms with Gasteiger partial charge in [-0.25, -0.2) is 9.59 Å². The number of hydrogen-bond donors (Lipinski definition) is 2. The molecule has 4 fully saturated rings. The summed E-state index contributed by atoms with van der Waals surface area (Å²) in [5.74, 6) is 1.94. The standard InChI is InChI=1S/C12H10O4/c13-11(14)9-7-3-1-2-5(3)8(6(2)4(1)7)10(9)12(15)16/h1-8H,(H,13,14)(H,15,16)/t1?,2?,3-,4+,5+,6-,7?,8?. The lowest BCUT2D eigenvalue weighted by Crippen LogP contribution is -2.90. The van der Waals surface area contributed by atoms with Gasteiger partial charge in [0.05, 0.1) is 11.1 Å². The van der Waals surface area contributed by atoms with Crippen molar-refractivity contribution < 1.29 is 19.8 Å². The van der Waals surface area contributed by atoms with Crippen LogP contribution in [0.4, 0.5) is 0 Å². The zero-order valence-corrected chi connectivity index (χ0v) is 8.33. The van der Waals surface area contributed by atoms with E-state index in [1.807, 2.05) is 0 Å². The van der Waals surface area contributed by atoms with Gasteiger partial charge in [-0.1, -0.05) is 0 Å². The highest BCUT2D eigenvalue weighted by atomic mass is 16.4. The Balaban J connectivity index is 1.76. The maximum Gasteiger partial charge on any atom is 0.332 e. The predicted octanol–water partition coefficient (Wildman–Crippen LogP) is 0.450. The SMILES string of the molecule is O=C(O)C1=C(C(=O)O)C2[C@@H]3C4C5[C@@H](C1[C@@H]53)[C@@H]24. The van der Waals surface area contributed by atoms with Gasteiger partial charge in [-0.05, 0) is 47.3 Å². The topological polar surface area (TPSA) is 74.6 Å². The minimum Gasteiger partial charge on any atom is -0.478 e. The Morgan fingerprint density at radius 1 is 0.688 bits per heavy atom. The highest BCUT2D eigenvalue weighted by Crippen LogP contribution is 2.92. The Hall–Kier alpha value is -1.32. The molecule has 0 aromatic rings. The molecule has 8 atom stereocenters. The van der Waals surface area contributed by atoms with Crippen LogP contribution in [0.3, 0.4) is 0 Å². The number of carboxylic acids is 2. The molecule has 0 aromatic carbocycles. The van der Waals surface area contributed by atoms with Crippen molar-refractivity contribution in [3.63, 3.8) is 0 Å². The maximum atomic E-state index is 11.2. The van der Waals surface area contributed by atoms with Gasteiger partial charge in [0, 0.05) is 0 Å². The third kappa shape index (κ3) is 0.440. The van der Waals surface area contributed by atoms with E-state index < -0.39 is 11.9 Å². The molecule has 6 rings (SSSR count). The number of hydrogen-bond acceptors (Lipinski definition) is 2. The van der Waals surface area contributed by atoms with Gasteiger partial charge in [0.15, 0.2) is 0 Å². The quantitative estimate of drug-likeness (QED) is 0.705. The fourth-order valence-electron chi connectivity index (χ4n) is 6.06. The van der Waals surface area contributed by atoms with Crippen LogP contribution < -0.4 is 0 Å². The monoisotopic (exact) mass is 218 g/mol. The van der Waals surface area contributed by atoms with Crippen LogP contribution in [0, 0.1) is 47.3 Å². The van der Waals surface area contributed by atoms with Gasteiger partial charge in [-0.15, -0.1) is 0 Å². The van der Waals surface area contributed by atoms with Crippen LogP contribution in [0.25, 0.3) is 0 Å². The molecule has 4 nitrogen and oxygen atoms in total. The van der Waals surface area contributed by atoms with Crippen LogP contribution >= 0.6 is 0 Å². The highest BCUT2D eigenvalue weighted by Gasteiger charge is 2.90. The van der Waals surface area contributed by atoms with Crippen LogP contribution in [-0.4, -0.2) is 22.2 Å². The third-order valence-corrected chi connectivity index (χ3v) is 6.19. The lowest BCUT2D eigenvalue weighted by Gasteiger charge is -2.92. The summed E-state index contributed by atoms with van der Waals surface area (Å²) < 4.78 is 0. The van der Waals surface area contributed by atoms with Crippen molar-refractivity contribution in [2.75, 3.05) is 0 Å². The minimum absolute atomic E-state index is 0.0959. The number of aliphatic carboxylic acids is 2. The second-order valence-electron chi connectivity index (χ2n) is 5.95. The molecule has 0 spiro atoms. The van der Waals surface area contributed by atoms with E-state index in [1.54, 1.807) is 0 Å². The molecule has 2 N–H and O–H groups in total. The zero-order chi connectivity index (χ0) is 10.9. The summed E-state index contributed by atoms with van der Waals surface area (Å²) in [6.45, 7) is 0. The Labute approximate surface area is 90.9 Å². The molecule has 4 heteroatoms. The van der Waals surface area contributed by atoms with Crippen LogP contribution in [0.15, 0.2) is 11.1 Å². The fraction of sp³-hybridized carbons (Fsp3) is 0.667. The Morgan fingerprint density at radius 2 is 1.00 bits per heavy atom. The third-order valence-electron chi connectivity index (χ3n) is 6.19. The number of rotatable bonds is 2. The second-order valence-corrected chi connectivity index (χ2v) is 5.95. The van der Waals surface area contributed by atoms with Crippen LogP contribution in [0.1, 0.15) is 0 Å². The molecule has 82 valence electrons. The summed E-state index contributed by atoms with van der Waals surface area (Å²) in [7, 11) is 0. The van der Waals surface area contributed by atoms with Crippen molar-refractivity contribution in [2.24, 2.45) is 47.3 Å². The molecule has 0 radical (unpaired) electrons. The molecular formula is C12H10O4. The van der Waals surface area contributed by atoms with Gasteiger partial charge in [-0.2, -0.15) is 0 Å². The fourth-order valence-corrected chi connectivity index (χ4v) is 6.06. The number of carboxylic acid groups (broad SMARTS) is 2. The summed E-state index contributed by atoms with van der Waals surface area (Å²) in [6.07, 6.45) is 0. The average molecular weight is 218 g/mol. The van der Waals surface area contributed by atoms with Gasteiger partial charge >= 0.3 is 11.9 Å². The highest BCUT2D eigenvalue weighted by molar-refractivity contribution is 6.01. The van der Waals surface area contributed by atoms with E-state index in [1.165, 1.54) is 0 Å². The smallest absolute Gasteiger partial charge is 0.332 e. The molecule has 4 saturated carbocycles. The lowest BCUT2D eigenvalue weighted by molar-refractivity contribution is -0.430. The van der Waals surface area contributed by atoms with E-state index in [0.717, 1.165) is 11.8 Å². The van der Waals surface area contributed by atoms with E-state index in [-0.39, 0.29) is 23.0 Å². The molecule has 6 aliphatic carbocycles. The van der Waals surface area contributed by atoms with Crippen LogP contribution in [-0.2, 0) is 9.59 Å². The van der Waals surface area contributed by atoms with E-state index in [2.05, 4.69) is 0 Å². The molecule has 0 heterocycles. The normalized spacial score (nSPS) is 61.2. The summed E-state index contributed by atoms with van der Waals surface area (Å²) in [5.41, 5.74) is 0.517. The second kappa shape index (κ2) is 1.83. The van der Waals surface area contributed by atoms with Gasteiger partial charge < -0.3 is 10.2 Å². The van der Waals surface area contributed by atoms with Crippen molar-refractivity contribution in [3.8, 4) is 0 Å². The average Bonchev–Trinajstić information content (AvgIpc) is 2.15. The largest absolute Gasteiger partial charge is 0.478 e. The van der Waals surface area contributed by atoms with E-state index in [4.69, 9.17) is 0 Å². The van der Waals surface area contributed by atoms with E-state index >= 15 is 0 Å². The Morgan fingerprint density at radius 3 is 1.25 bits per heavy atom. The van der Waals surface area contributed by atoms with Gasteiger partial charge in [0.1, 0.15) is 0 Å². The maximum absolute atomic E-state index is 11.2. The minimum atomic E-state index is -0.988. The summed E-state index contributed by atoms with van der Waals surface area (Å²) in [5, 5.41) is 18.4. The Kier molecular flexibility index (Phi) is 0.900. The van der Waals surface area contributed by atoms with Gasteiger partial charge in [-0.3, -0.25) is 0 Å². The van der Waals surface area contributed by atoms with Crippen molar-refractivity contribution >= 4 is 11.9 Å². The summed E-state index contributed by atoms with van der Waals surface area (Å²) in [4.78, 5) is 22.5. The first kappa shape index (κ1) is 7.87. The molecule has 16 heavy (non-hydrogen) atoms. The zero-order valence-electron chi connectivity index (χ0n) is 8.33. The Bertz CT molecular complexity index is 453. The van der Waals surface area contributed by atoms with Crippen molar-refractivity contribution in [1.82, 2.24) is 0 Å². The number of carbonyl (C=O) groups is 2. The molecule has 0 aliphatic heterocycles. The van der Waals surface area contributed by atoms with Gasteiger partial charge in [0.25, 0.3) is 0 Å².